The number of hydrogen-bond donors (Lipinski definition) is 1. The molecule has 3 heterocycles. The van der Waals surface area contributed by atoms with Crippen LogP contribution in [0.3, 0.4) is 0 Å². The van der Waals surface area contributed by atoms with Crippen molar-refractivity contribution in [3.63, 3.8) is 0 Å². The van der Waals surface area contributed by atoms with Gasteiger partial charge in [0.05, 0.1) is 18.2 Å². The first-order valence-electron chi connectivity index (χ1n) is 13.1. The van der Waals surface area contributed by atoms with E-state index in [-0.39, 0.29) is 42.4 Å². The van der Waals surface area contributed by atoms with E-state index in [1.807, 2.05) is 20.0 Å². The molecular formula is C27H32F5N5O4S. The van der Waals surface area contributed by atoms with E-state index in [9.17, 15) is 34.3 Å². The number of methoxy groups -OCH3 is 1. The monoisotopic (exact) mass is 617 g/mol. The first-order valence-corrected chi connectivity index (χ1v) is 15.1. The highest BCUT2D eigenvalue weighted by molar-refractivity contribution is 8.45. The third-order valence-electron chi connectivity index (χ3n) is 7.36. The molecule has 2 amide bonds. The number of nitrogens with zero attached hydrogens (tertiary/aromatic N) is 4. The lowest BCUT2D eigenvalue weighted by molar-refractivity contribution is -0.130. The molecule has 9 nitrogen and oxygen atoms in total. The van der Waals surface area contributed by atoms with Crippen LogP contribution >= 0.6 is 10.2 Å². The van der Waals surface area contributed by atoms with Gasteiger partial charge in [0.1, 0.15) is 17.0 Å². The Bertz CT molecular complexity index is 1360. The minimum atomic E-state index is -10.0. The maximum Gasteiger partial charge on any atom is 0.310 e. The lowest BCUT2D eigenvalue weighted by atomic mass is 9.93. The van der Waals surface area contributed by atoms with Crippen LogP contribution < -0.4 is 10.2 Å². The largest absolute Gasteiger partial charge is 0.379 e. The lowest BCUT2D eigenvalue weighted by Crippen LogP contribution is -2.53. The number of amides is 2. The van der Waals surface area contributed by atoms with Gasteiger partial charge in [-0.3, -0.25) is 24.4 Å². The molecule has 0 saturated carbocycles. The van der Waals surface area contributed by atoms with Gasteiger partial charge in [0.25, 0.3) is 5.91 Å². The fourth-order valence-electron chi connectivity index (χ4n) is 5.33. The standard InChI is InChI=1S/C27H32F5N5O4S/c1-27(2)14-19(10-12-41-27)35-25(38)24(18-5-4-11-34-15-18)37(26(39)23-13-21(40-3)16-36(23)17-33)20-6-8-22(9-7-20)42(28,29,30,31)32/h4-9,11,15,19,21,23-24H,10,12-14,16H2,1-3H3,(H,35,38)/t19?,21-,23-,24?/m1/s1. The molecule has 1 aromatic heterocycles. The van der Waals surface area contributed by atoms with Crippen molar-refractivity contribution in [2.24, 2.45) is 0 Å². The zero-order valence-electron chi connectivity index (χ0n) is 23.2. The minimum Gasteiger partial charge on any atom is -0.379 e. The molecule has 2 saturated heterocycles. The molecular weight excluding hydrogens is 585 g/mol. The van der Waals surface area contributed by atoms with E-state index in [4.69, 9.17) is 9.47 Å². The average molecular weight is 618 g/mol. The lowest BCUT2D eigenvalue weighted by Gasteiger charge is -2.41. The second-order valence-corrected chi connectivity index (χ2v) is 13.4. The quantitative estimate of drug-likeness (QED) is 0.310. The molecule has 2 aromatic rings. The van der Waals surface area contributed by atoms with E-state index >= 15 is 0 Å². The molecule has 2 unspecified atom stereocenters. The maximum absolute atomic E-state index is 14.2. The van der Waals surface area contributed by atoms with Crippen molar-refractivity contribution >= 4 is 27.7 Å². The fourth-order valence-corrected chi connectivity index (χ4v) is 5.98. The third-order valence-corrected chi connectivity index (χ3v) is 8.52. The van der Waals surface area contributed by atoms with Gasteiger partial charge < -0.3 is 14.8 Å². The van der Waals surface area contributed by atoms with Crippen LogP contribution in [-0.2, 0) is 19.1 Å². The highest BCUT2D eigenvalue weighted by Crippen LogP contribution is 3.02. The molecule has 4 atom stereocenters. The normalized spacial score (nSPS) is 24.5. The van der Waals surface area contributed by atoms with Gasteiger partial charge in [-0.05, 0) is 57.0 Å². The van der Waals surface area contributed by atoms with Gasteiger partial charge >= 0.3 is 10.2 Å². The van der Waals surface area contributed by atoms with Gasteiger partial charge in [-0.1, -0.05) is 25.5 Å². The smallest absolute Gasteiger partial charge is 0.310 e. The zero-order chi connectivity index (χ0) is 31.0. The third kappa shape index (κ3) is 7.11. The van der Waals surface area contributed by atoms with Crippen molar-refractivity contribution in [3.05, 3.63) is 54.4 Å². The van der Waals surface area contributed by atoms with Gasteiger partial charge in [-0.25, -0.2) is 0 Å². The Morgan fingerprint density at radius 1 is 1.21 bits per heavy atom. The summed E-state index contributed by atoms with van der Waals surface area (Å²) in [6.07, 6.45) is 5.16. The number of carbonyl (C=O) groups excluding carboxylic acids is 2. The molecule has 2 aliphatic rings. The van der Waals surface area contributed by atoms with E-state index in [0.29, 0.717) is 19.4 Å². The number of aromatic nitrogens is 1. The van der Waals surface area contributed by atoms with Gasteiger partial charge in [0.15, 0.2) is 6.19 Å². The average Bonchev–Trinajstić information content (AvgIpc) is 3.34. The molecule has 0 radical (unpaired) electrons. The van der Waals surface area contributed by atoms with E-state index < -0.39 is 50.7 Å². The molecule has 0 bridgehead atoms. The Kier molecular flexibility index (Phi) is 7.98. The SMILES string of the molecule is CO[C@@H]1C[C@H](C(=O)N(c2ccc(S(F)(F)(F)(F)F)cc2)C(C(=O)NC2CCOC(C)(C)C2)c2cccnc2)N(C#N)C1. The van der Waals surface area contributed by atoms with Crippen molar-refractivity contribution in [2.45, 2.75) is 67.8 Å². The van der Waals surface area contributed by atoms with Crippen LogP contribution in [0.25, 0.3) is 0 Å². The predicted molar refractivity (Wildman–Crippen MR) is 145 cm³/mol. The minimum absolute atomic E-state index is 0.0540. The summed E-state index contributed by atoms with van der Waals surface area (Å²) in [4.78, 5) is 32.2. The van der Waals surface area contributed by atoms with E-state index in [1.54, 1.807) is 0 Å². The molecule has 15 heteroatoms. The first kappa shape index (κ1) is 31.5. The molecule has 1 N–H and O–H groups in total. The topological polar surface area (TPSA) is 108 Å². The second-order valence-electron chi connectivity index (χ2n) is 11.0. The van der Waals surface area contributed by atoms with Crippen molar-refractivity contribution in [1.29, 1.82) is 5.26 Å². The van der Waals surface area contributed by atoms with Gasteiger partial charge in [0, 0.05) is 49.8 Å². The summed E-state index contributed by atoms with van der Waals surface area (Å²) in [6, 6.07) is 1.89. The van der Waals surface area contributed by atoms with Crippen LogP contribution in [-0.4, -0.2) is 65.7 Å². The van der Waals surface area contributed by atoms with E-state index in [0.717, 1.165) is 21.9 Å². The number of rotatable bonds is 8. The summed E-state index contributed by atoms with van der Waals surface area (Å²) in [6.45, 7) is 4.17. The second kappa shape index (κ2) is 10.7. The molecule has 4 rings (SSSR count). The Morgan fingerprint density at radius 3 is 2.45 bits per heavy atom. The molecule has 0 aliphatic carbocycles. The van der Waals surface area contributed by atoms with Crippen LogP contribution in [0.4, 0.5) is 25.1 Å². The fraction of sp³-hybridized carbons (Fsp3) is 0.481. The summed E-state index contributed by atoms with van der Waals surface area (Å²) < 4.78 is 78.6. The molecule has 2 fully saturated rings. The number of likely N-dealkylation sites (tertiary alicyclic amines) is 1. The van der Waals surface area contributed by atoms with Crippen LogP contribution in [0.1, 0.15) is 44.7 Å². The molecule has 1 aromatic carbocycles. The van der Waals surface area contributed by atoms with Crippen molar-refractivity contribution < 1.29 is 38.5 Å². The Morgan fingerprint density at radius 2 is 1.90 bits per heavy atom. The number of nitriles is 1. The van der Waals surface area contributed by atoms with Crippen LogP contribution in [0.15, 0.2) is 53.7 Å². The molecule has 2 aliphatic heterocycles. The van der Waals surface area contributed by atoms with Crippen molar-refractivity contribution in [1.82, 2.24) is 15.2 Å². The van der Waals surface area contributed by atoms with Gasteiger partial charge in [-0.2, -0.15) is 5.26 Å². The highest BCUT2D eigenvalue weighted by atomic mass is 32.5. The Labute approximate surface area is 240 Å². The molecule has 0 spiro atoms. The first-order chi connectivity index (χ1) is 19.4. The number of halogens is 5. The summed E-state index contributed by atoms with van der Waals surface area (Å²) in [5.41, 5.74) is -0.569. The van der Waals surface area contributed by atoms with Crippen molar-refractivity contribution in [3.8, 4) is 6.19 Å². The number of pyridine rings is 1. The number of ether oxygens (including phenoxy) is 2. The zero-order valence-corrected chi connectivity index (χ0v) is 24.0. The van der Waals surface area contributed by atoms with E-state index in [1.165, 1.54) is 31.6 Å². The highest BCUT2D eigenvalue weighted by Gasteiger charge is 2.65. The molecule has 230 valence electrons. The number of anilines is 1. The van der Waals surface area contributed by atoms with Crippen molar-refractivity contribution in [2.75, 3.05) is 25.2 Å². The van der Waals surface area contributed by atoms with E-state index in [2.05, 4.69) is 10.3 Å². The number of nitrogens with one attached hydrogen (secondary N) is 1. The van der Waals surface area contributed by atoms with Gasteiger partial charge in [-0.15, -0.1) is 0 Å². The van der Waals surface area contributed by atoms with Crippen LogP contribution in [0.2, 0.25) is 0 Å². The Hall–Kier alpha value is -3.48. The summed E-state index contributed by atoms with van der Waals surface area (Å²) in [5, 5.41) is 12.6. The van der Waals surface area contributed by atoms with Gasteiger partial charge in [0.2, 0.25) is 5.91 Å². The van der Waals surface area contributed by atoms with Crippen LogP contribution in [0.5, 0.6) is 0 Å². The maximum atomic E-state index is 14.2. The van der Waals surface area contributed by atoms with Crippen LogP contribution in [0, 0.1) is 11.5 Å². The number of hydrogen-bond acceptors (Lipinski definition) is 7. The number of benzene rings is 1. The molecule has 42 heavy (non-hydrogen) atoms. The summed E-state index contributed by atoms with van der Waals surface area (Å²) in [5.74, 6) is -1.46. The summed E-state index contributed by atoms with van der Waals surface area (Å²) in [7, 11) is -8.62. The Balaban J connectivity index is 1.82. The summed E-state index contributed by atoms with van der Waals surface area (Å²) >= 11 is 0. The number of carbonyl (C=O) groups is 2. The predicted octanol–water partition coefficient (Wildman–Crippen LogP) is 5.46.